The molecule has 0 saturated heterocycles. The number of ketones is 2. The van der Waals surface area contributed by atoms with Crippen molar-refractivity contribution in [2.45, 2.75) is 19.8 Å². The molecule has 0 unspecified atom stereocenters. The lowest BCUT2D eigenvalue weighted by atomic mass is 9.77. The quantitative estimate of drug-likeness (QED) is 0.509. The van der Waals surface area contributed by atoms with Crippen LogP contribution in [0.5, 0.6) is 0 Å². The highest BCUT2D eigenvalue weighted by molar-refractivity contribution is 6.04. The molecule has 0 heterocycles. The average molecular weight is 385 g/mol. The van der Waals surface area contributed by atoms with Gasteiger partial charge in [0.2, 0.25) is 0 Å². The Hall–Kier alpha value is -3.40. The first-order valence-corrected chi connectivity index (χ1v) is 8.47. The van der Waals surface area contributed by atoms with E-state index < -0.39 is 47.4 Å². The zero-order chi connectivity index (χ0) is 20.7. The van der Waals surface area contributed by atoms with Crippen molar-refractivity contribution in [3.63, 3.8) is 0 Å². The third kappa shape index (κ3) is 4.86. The van der Waals surface area contributed by atoms with Crippen molar-refractivity contribution in [2.75, 3.05) is 6.61 Å². The Balaban J connectivity index is 2.33. The maximum absolute atomic E-state index is 13.1. The number of nitrogens with zero attached hydrogens (tertiary/aromatic N) is 1. The number of carbonyl (C=O) groups is 3. The summed E-state index contributed by atoms with van der Waals surface area (Å²) in [5, 5.41) is 9.68. The van der Waals surface area contributed by atoms with E-state index in [9.17, 15) is 28.4 Å². The molecule has 0 aliphatic heterocycles. The lowest BCUT2D eigenvalue weighted by Gasteiger charge is -2.23. The van der Waals surface area contributed by atoms with Gasteiger partial charge in [0.05, 0.1) is 12.7 Å². The van der Waals surface area contributed by atoms with E-state index in [1.54, 1.807) is 6.07 Å². The molecule has 0 fully saturated rings. The molecule has 0 aromatic heterocycles. The van der Waals surface area contributed by atoms with E-state index in [0.717, 1.165) is 24.3 Å². The SMILES string of the molecule is CCOC(=O)C(C#N)(CC(=O)c1ccc(F)cc1)CC(=O)c1ccc(F)cc1. The van der Waals surface area contributed by atoms with E-state index >= 15 is 0 Å². The first-order chi connectivity index (χ1) is 13.3. The molecule has 0 N–H and O–H groups in total. The third-order valence-corrected chi connectivity index (χ3v) is 4.14. The highest BCUT2D eigenvalue weighted by Gasteiger charge is 2.44. The molecule has 2 rings (SSSR count). The Labute approximate surface area is 160 Å². The molecule has 144 valence electrons. The van der Waals surface area contributed by atoms with Crippen molar-refractivity contribution in [2.24, 2.45) is 5.41 Å². The van der Waals surface area contributed by atoms with Gasteiger partial charge in [0.15, 0.2) is 17.0 Å². The average Bonchev–Trinajstić information content (AvgIpc) is 2.68. The summed E-state index contributed by atoms with van der Waals surface area (Å²) in [6.45, 7) is 1.49. The maximum atomic E-state index is 13.1. The summed E-state index contributed by atoms with van der Waals surface area (Å²) in [7, 11) is 0. The molecule has 2 aromatic carbocycles. The van der Waals surface area contributed by atoms with Gasteiger partial charge in [0.25, 0.3) is 0 Å². The van der Waals surface area contributed by atoms with Crippen molar-refractivity contribution in [3.05, 3.63) is 71.3 Å². The van der Waals surface area contributed by atoms with Gasteiger partial charge in [-0.15, -0.1) is 0 Å². The van der Waals surface area contributed by atoms with Gasteiger partial charge in [-0.05, 0) is 55.5 Å². The van der Waals surface area contributed by atoms with Crippen LogP contribution in [0.3, 0.4) is 0 Å². The van der Waals surface area contributed by atoms with Gasteiger partial charge in [0, 0.05) is 24.0 Å². The second-order valence-electron chi connectivity index (χ2n) is 6.13. The molecule has 0 atom stereocenters. The Morgan fingerprint density at radius 2 is 1.29 bits per heavy atom. The number of halogens is 2. The van der Waals surface area contributed by atoms with Crippen LogP contribution in [-0.2, 0) is 9.53 Å². The molecule has 0 aliphatic rings. The fourth-order valence-electron chi connectivity index (χ4n) is 2.62. The monoisotopic (exact) mass is 385 g/mol. The fraction of sp³-hybridized carbons (Fsp3) is 0.238. The van der Waals surface area contributed by atoms with Crippen molar-refractivity contribution in [3.8, 4) is 6.07 Å². The van der Waals surface area contributed by atoms with Crippen LogP contribution < -0.4 is 0 Å². The van der Waals surface area contributed by atoms with E-state index in [4.69, 9.17) is 4.74 Å². The van der Waals surface area contributed by atoms with Gasteiger partial charge in [0.1, 0.15) is 11.6 Å². The summed E-state index contributed by atoms with van der Waals surface area (Å²) in [5.41, 5.74) is -1.86. The van der Waals surface area contributed by atoms with E-state index in [1.807, 2.05) is 0 Å². The van der Waals surface area contributed by atoms with Gasteiger partial charge in [-0.2, -0.15) is 5.26 Å². The second-order valence-corrected chi connectivity index (χ2v) is 6.13. The number of Topliss-reactive ketones (excluding diaryl/α,β-unsaturated/α-hetero) is 2. The molecule has 0 spiro atoms. The van der Waals surface area contributed by atoms with Crippen LogP contribution >= 0.6 is 0 Å². The Bertz CT molecular complexity index is 855. The van der Waals surface area contributed by atoms with Gasteiger partial charge in [-0.1, -0.05) is 0 Å². The molecular weight excluding hydrogens is 368 g/mol. The fourth-order valence-corrected chi connectivity index (χ4v) is 2.62. The predicted molar refractivity (Wildman–Crippen MR) is 95.4 cm³/mol. The van der Waals surface area contributed by atoms with Crippen LogP contribution in [0.15, 0.2) is 48.5 Å². The molecule has 0 aliphatic carbocycles. The summed E-state index contributed by atoms with van der Waals surface area (Å²) in [5.74, 6) is -3.30. The van der Waals surface area contributed by atoms with E-state index in [-0.39, 0.29) is 17.7 Å². The third-order valence-electron chi connectivity index (χ3n) is 4.14. The molecule has 5 nitrogen and oxygen atoms in total. The summed E-state index contributed by atoms with van der Waals surface area (Å²) in [6, 6.07) is 11.0. The molecule has 7 heteroatoms. The highest BCUT2D eigenvalue weighted by Crippen LogP contribution is 2.31. The van der Waals surface area contributed by atoms with Gasteiger partial charge in [-0.25, -0.2) is 8.78 Å². The molecule has 0 radical (unpaired) electrons. The summed E-state index contributed by atoms with van der Waals surface area (Å²) in [6.07, 6.45) is -1.22. The number of ether oxygens (including phenoxy) is 1. The number of hydrogen-bond acceptors (Lipinski definition) is 5. The minimum atomic E-state index is -2.05. The lowest BCUT2D eigenvalue weighted by Crippen LogP contribution is -2.36. The zero-order valence-electron chi connectivity index (χ0n) is 15.1. The normalized spacial score (nSPS) is 10.8. The predicted octanol–water partition coefficient (Wildman–Crippen LogP) is 3.88. The standard InChI is InChI=1S/C21H17F2NO4/c1-2-28-20(27)21(13-24,11-18(25)14-3-7-16(22)8-4-14)12-19(26)15-5-9-17(23)10-6-15/h3-10H,2,11-12H2,1H3. The maximum Gasteiger partial charge on any atom is 0.327 e. The molecule has 0 saturated carbocycles. The van der Waals surface area contributed by atoms with E-state index in [0.29, 0.717) is 0 Å². The van der Waals surface area contributed by atoms with Gasteiger partial charge >= 0.3 is 5.97 Å². The van der Waals surface area contributed by atoms with Gasteiger partial charge < -0.3 is 4.74 Å². The number of nitriles is 1. The number of rotatable bonds is 8. The van der Waals surface area contributed by atoms with Crippen LogP contribution in [0.2, 0.25) is 0 Å². The van der Waals surface area contributed by atoms with Crippen molar-refractivity contribution < 1.29 is 27.9 Å². The number of esters is 1. The minimum Gasteiger partial charge on any atom is -0.465 e. The lowest BCUT2D eigenvalue weighted by molar-refractivity contribution is -0.151. The molecule has 0 bridgehead atoms. The van der Waals surface area contributed by atoms with Crippen LogP contribution in [0.25, 0.3) is 0 Å². The van der Waals surface area contributed by atoms with Crippen LogP contribution in [-0.4, -0.2) is 24.1 Å². The summed E-state index contributed by atoms with van der Waals surface area (Å²) < 4.78 is 31.0. The first-order valence-electron chi connectivity index (χ1n) is 8.47. The largest absolute Gasteiger partial charge is 0.465 e. The summed E-state index contributed by atoms with van der Waals surface area (Å²) in [4.78, 5) is 37.6. The Kier molecular flexibility index (Phi) is 6.72. The number of hydrogen-bond donors (Lipinski definition) is 0. The molecule has 0 amide bonds. The Morgan fingerprint density at radius 1 is 0.893 bits per heavy atom. The number of benzene rings is 2. The van der Waals surface area contributed by atoms with Crippen molar-refractivity contribution in [1.29, 1.82) is 5.26 Å². The van der Waals surface area contributed by atoms with E-state index in [2.05, 4.69) is 0 Å². The molecular formula is C21H17F2NO4. The smallest absolute Gasteiger partial charge is 0.327 e. The van der Waals surface area contributed by atoms with E-state index in [1.165, 1.54) is 31.2 Å². The van der Waals surface area contributed by atoms with Crippen LogP contribution in [0, 0.1) is 28.4 Å². The van der Waals surface area contributed by atoms with Crippen LogP contribution in [0.4, 0.5) is 8.78 Å². The number of carbonyl (C=O) groups excluding carboxylic acids is 3. The first kappa shape index (κ1) is 20.9. The topological polar surface area (TPSA) is 84.2 Å². The van der Waals surface area contributed by atoms with Crippen molar-refractivity contribution in [1.82, 2.24) is 0 Å². The molecule has 28 heavy (non-hydrogen) atoms. The van der Waals surface area contributed by atoms with Gasteiger partial charge in [-0.3, -0.25) is 14.4 Å². The van der Waals surface area contributed by atoms with Crippen molar-refractivity contribution >= 4 is 17.5 Å². The Morgan fingerprint density at radius 3 is 1.61 bits per heavy atom. The summed E-state index contributed by atoms with van der Waals surface area (Å²) >= 11 is 0. The van der Waals surface area contributed by atoms with Crippen LogP contribution in [0.1, 0.15) is 40.5 Å². The minimum absolute atomic E-state index is 0.0439. The second kappa shape index (κ2) is 9.00. The highest BCUT2D eigenvalue weighted by atomic mass is 19.1. The zero-order valence-corrected chi connectivity index (χ0v) is 15.1. The molecule has 2 aromatic rings.